The van der Waals surface area contributed by atoms with Crippen LogP contribution < -0.4 is 11.5 Å². The predicted molar refractivity (Wildman–Crippen MR) is 81.0 cm³/mol. The summed E-state index contributed by atoms with van der Waals surface area (Å²) < 4.78 is 1.04. The molecule has 0 spiro atoms. The normalized spacial score (nSPS) is 9.47. The highest BCUT2D eigenvalue weighted by Crippen LogP contribution is 2.27. The molecule has 4 nitrogen and oxygen atoms in total. The molecule has 0 unspecified atom stereocenters. The second kappa shape index (κ2) is 6.13. The Kier molecular flexibility index (Phi) is 5.10. The van der Waals surface area contributed by atoms with Crippen molar-refractivity contribution in [3.8, 4) is 11.3 Å². The minimum Gasteiger partial charge on any atom is -0.370 e. The fourth-order valence-electron chi connectivity index (χ4n) is 1.18. The van der Waals surface area contributed by atoms with Crippen LogP contribution in [0.5, 0.6) is 0 Å². The Bertz CT molecular complexity index is 517. The molecule has 4 N–H and O–H groups in total. The number of aliphatic imine (C=N–C) groups is 1. The van der Waals surface area contributed by atoms with Gasteiger partial charge in [-0.3, -0.25) is 0 Å². The lowest BCUT2D eigenvalue weighted by atomic mass is 10.2. The quantitative estimate of drug-likeness (QED) is 0.623. The number of aromatic nitrogens is 1. The van der Waals surface area contributed by atoms with E-state index in [1.807, 2.05) is 29.6 Å². The second-order valence-corrected chi connectivity index (χ2v) is 4.81. The van der Waals surface area contributed by atoms with Gasteiger partial charge in [-0.15, -0.1) is 28.3 Å². The molecule has 0 aliphatic carbocycles. The van der Waals surface area contributed by atoms with Crippen molar-refractivity contribution in [1.29, 1.82) is 0 Å². The Balaban J connectivity index is 0.00000144. The standard InChI is InChI=1S/C10H9BrN4S.BrH/c11-7-3-1-6(2-4-7)8-5-16-10(14-8)15-9(12)13;/h1-5H,(H4,12,13,14,15);1H. The number of benzene rings is 1. The molecular formula is C10H10Br2N4S. The Morgan fingerprint density at radius 1 is 1.24 bits per heavy atom. The van der Waals surface area contributed by atoms with Crippen LogP contribution in [-0.2, 0) is 0 Å². The van der Waals surface area contributed by atoms with E-state index in [0.29, 0.717) is 5.13 Å². The van der Waals surface area contributed by atoms with Crippen molar-refractivity contribution in [2.24, 2.45) is 16.5 Å². The van der Waals surface area contributed by atoms with E-state index >= 15 is 0 Å². The maximum Gasteiger partial charge on any atom is 0.212 e. The van der Waals surface area contributed by atoms with Crippen LogP contribution in [0.1, 0.15) is 0 Å². The molecule has 0 radical (unpaired) electrons. The third-order valence-electron chi connectivity index (χ3n) is 1.86. The molecule has 0 aliphatic heterocycles. The minimum absolute atomic E-state index is 0. The SMILES string of the molecule is Br.NC(N)=Nc1nc(-c2ccc(Br)cc2)cs1. The zero-order chi connectivity index (χ0) is 11.5. The summed E-state index contributed by atoms with van der Waals surface area (Å²) in [5, 5.41) is 2.49. The molecule has 2 aromatic rings. The molecule has 0 saturated heterocycles. The first-order valence-electron chi connectivity index (χ1n) is 4.46. The van der Waals surface area contributed by atoms with E-state index in [1.165, 1.54) is 11.3 Å². The van der Waals surface area contributed by atoms with Gasteiger partial charge in [0, 0.05) is 15.4 Å². The molecule has 0 atom stereocenters. The van der Waals surface area contributed by atoms with Gasteiger partial charge in [0.25, 0.3) is 0 Å². The van der Waals surface area contributed by atoms with Crippen LogP contribution in [0, 0.1) is 0 Å². The average Bonchev–Trinajstić information content (AvgIpc) is 2.66. The van der Waals surface area contributed by atoms with E-state index in [0.717, 1.165) is 15.7 Å². The van der Waals surface area contributed by atoms with Crippen LogP contribution in [0.25, 0.3) is 11.3 Å². The van der Waals surface area contributed by atoms with Crippen molar-refractivity contribution in [3.05, 3.63) is 34.1 Å². The topological polar surface area (TPSA) is 77.3 Å². The maximum absolute atomic E-state index is 5.28. The molecule has 2 rings (SSSR count). The molecule has 1 aromatic carbocycles. The van der Waals surface area contributed by atoms with Crippen LogP contribution in [0.15, 0.2) is 39.1 Å². The molecule has 1 heterocycles. The molecule has 1 aromatic heterocycles. The van der Waals surface area contributed by atoms with Gasteiger partial charge >= 0.3 is 0 Å². The number of guanidine groups is 1. The Morgan fingerprint density at radius 3 is 2.47 bits per heavy atom. The predicted octanol–water partition coefficient (Wildman–Crippen LogP) is 3.06. The van der Waals surface area contributed by atoms with Gasteiger partial charge in [0.2, 0.25) is 5.13 Å². The molecule has 0 saturated carbocycles. The van der Waals surface area contributed by atoms with E-state index in [9.17, 15) is 0 Å². The van der Waals surface area contributed by atoms with Crippen molar-refractivity contribution >= 4 is 55.3 Å². The second-order valence-electron chi connectivity index (χ2n) is 3.06. The van der Waals surface area contributed by atoms with Gasteiger partial charge in [0.1, 0.15) is 0 Å². The summed E-state index contributed by atoms with van der Waals surface area (Å²) in [6.45, 7) is 0. The average molecular weight is 378 g/mol. The van der Waals surface area contributed by atoms with Gasteiger partial charge in [-0.1, -0.05) is 28.1 Å². The van der Waals surface area contributed by atoms with E-state index < -0.39 is 0 Å². The molecule has 90 valence electrons. The highest BCUT2D eigenvalue weighted by molar-refractivity contribution is 9.10. The molecule has 0 aliphatic rings. The third kappa shape index (κ3) is 3.79. The number of hydrogen-bond donors (Lipinski definition) is 2. The molecule has 0 bridgehead atoms. The van der Waals surface area contributed by atoms with Crippen LogP contribution in [0.2, 0.25) is 0 Å². The molecule has 7 heteroatoms. The van der Waals surface area contributed by atoms with Gasteiger partial charge in [-0.2, -0.15) is 4.99 Å². The Morgan fingerprint density at radius 2 is 1.88 bits per heavy atom. The van der Waals surface area contributed by atoms with Crippen molar-refractivity contribution < 1.29 is 0 Å². The summed E-state index contributed by atoms with van der Waals surface area (Å²) in [4.78, 5) is 8.20. The largest absolute Gasteiger partial charge is 0.370 e. The van der Waals surface area contributed by atoms with Crippen molar-refractivity contribution in [2.75, 3.05) is 0 Å². The first-order chi connectivity index (χ1) is 7.65. The lowest BCUT2D eigenvalue weighted by Gasteiger charge is -1.95. The maximum atomic E-state index is 5.28. The summed E-state index contributed by atoms with van der Waals surface area (Å²) >= 11 is 4.79. The Labute approximate surface area is 122 Å². The Hall–Kier alpha value is -0.920. The lowest BCUT2D eigenvalue weighted by Crippen LogP contribution is -2.21. The van der Waals surface area contributed by atoms with E-state index in [2.05, 4.69) is 25.9 Å². The summed E-state index contributed by atoms with van der Waals surface area (Å²) in [7, 11) is 0. The van der Waals surface area contributed by atoms with Gasteiger partial charge in [0.15, 0.2) is 5.96 Å². The first kappa shape index (κ1) is 14.1. The molecule has 0 fully saturated rings. The zero-order valence-electron chi connectivity index (χ0n) is 8.63. The van der Waals surface area contributed by atoms with Crippen molar-refractivity contribution in [1.82, 2.24) is 4.98 Å². The highest BCUT2D eigenvalue weighted by Gasteiger charge is 2.03. The number of nitrogens with two attached hydrogens (primary N) is 2. The van der Waals surface area contributed by atoms with Crippen LogP contribution in [0.4, 0.5) is 5.13 Å². The molecular weight excluding hydrogens is 368 g/mol. The first-order valence-corrected chi connectivity index (χ1v) is 6.13. The third-order valence-corrected chi connectivity index (χ3v) is 3.12. The van der Waals surface area contributed by atoms with Crippen molar-refractivity contribution in [3.63, 3.8) is 0 Å². The van der Waals surface area contributed by atoms with Crippen molar-refractivity contribution in [2.45, 2.75) is 0 Å². The lowest BCUT2D eigenvalue weighted by molar-refractivity contribution is 1.33. The molecule has 17 heavy (non-hydrogen) atoms. The fourth-order valence-corrected chi connectivity index (χ4v) is 2.16. The van der Waals surface area contributed by atoms with Gasteiger partial charge in [-0.05, 0) is 12.1 Å². The van der Waals surface area contributed by atoms with E-state index in [4.69, 9.17) is 11.5 Å². The van der Waals surface area contributed by atoms with Crippen LogP contribution in [0.3, 0.4) is 0 Å². The highest BCUT2D eigenvalue weighted by atomic mass is 79.9. The van der Waals surface area contributed by atoms with Gasteiger partial charge in [0.05, 0.1) is 5.69 Å². The van der Waals surface area contributed by atoms with Gasteiger partial charge in [-0.25, -0.2) is 4.98 Å². The zero-order valence-corrected chi connectivity index (χ0v) is 12.7. The summed E-state index contributed by atoms with van der Waals surface area (Å²) in [5.41, 5.74) is 12.5. The van der Waals surface area contributed by atoms with Crippen LogP contribution >= 0.6 is 44.2 Å². The smallest absolute Gasteiger partial charge is 0.212 e. The van der Waals surface area contributed by atoms with E-state index in [-0.39, 0.29) is 22.9 Å². The number of rotatable bonds is 2. The number of halogens is 2. The number of nitrogens with zero attached hydrogens (tertiary/aromatic N) is 2. The van der Waals surface area contributed by atoms with E-state index in [1.54, 1.807) is 0 Å². The van der Waals surface area contributed by atoms with Crippen LogP contribution in [-0.4, -0.2) is 10.9 Å². The monoisotopic (exact) mass is 376 g/mol. The summed E-state index contributed by atoms with van der Waals surface area (Å²) in [6.07, 6.45) is 0. The summed E-state index contributed by atoms with van der Waals surface area (Å²) in [6, 6.07) is 7.90. The van der Waals surface area contributed by atoms with Gasteiger partial charge < -0.3 is 11.5 Å². The summed E-state index contributed by atoms with van der Waals surface area (Å²) in [5.74, 6) is 0.0247. The number of thiazole rings is 1. The minimum atomic E-state index is 0. The molecule has 0 amide bonds. The fraction of sp³-hybridized carbons (Fsp3) is 0. The number of hydrogen-bond acceptors (Lipinski definition) is 3.